The zero-order valence-corrected chi connectivity index (χ0v) is 12.9. The van der Waals surface area contributed by atoms with E-state index in [-0.39, 0.29) is 24.0 Å². The van der Waals surface area contributed by atoms with Crippen LogP contribution in [-0.4, -0.2) is 4.55 Å². The molecule has 0 aliphatic rings. The minimum Gasteiger partial charge on any atom is -0.606 e. The summed E-state index contributed by atoms with van der Waals surface area (Å²) in [4.78, 5) is -1.01. The van der Waals surface area contributed by atoms with Gasteiger partial charge in [0.1, 0.15) is 0 Å². The molecular formula is C16H14F4OS. The number of hydrogen-bond donors (Lipinski definition) is 0. The van der Waals surface area contributed by atoms with Crippen LogP contribution in [0, 0.1) is 23.3 Å². The lowest BCUT2D eigenvalue weighted by Crippen LogP contribution is -2.11. The van der Waals surface area contributed by atoms with E-state index in [1.54, 1.807) is 13.8 Å². The molecule has 0 saturated carbocycles. The molecule has 0 heterocycles. The standard InChI is InChI=1S/C16H14F4OS/c1-3-9-5-7-11(15(19)13(9)17)22(21)12-8-6-10(4-2)14(18)16(12)20/h5-8H,3-4H2,1-2H3. The van der Waals surface area contributed by atoms with Crippen LogP contribution in [0.1, 0.15) is 25.0 Å². The molecule has 0 unspecified atom stereocenters. The van der Waals surface area contributed by atoms with Crippen molar-refractivity contribution in [2.45, 2.75) is 36.5 Å². The number of halogens is 4. The van der Waals surface area contributed by atoms with Gasteiger partial charge in [0.05, 0.1) is 0 Å². The Morgan fingerprint density at radius 1 is 0.727 bits per heavy atom. The molecule has 2 rings (SSSR count). The largest absolute Gasteiger partial charge is 0.606 e. The van der Waals surface area contributed by atoms with Gasteiger partial charge in [0, 0.05) is 11.2 Å². The van der Waals surface area contributed by atoms with Gasteiger partial charge in [-0.3, -0.25) is 0 Å². The summed E-state index contributed by atoms with van der Waals surface area (Å²) < 4.78 is 67.8. The van der Waals surface area contributed by atoms with Crippen molar-refractivity contribution in [2.24, 2.45) is 0 Å². The predicted molar refractivity (Wildman–Crippen MR) is 76.1 cm³/mol. The summed E-state index contributed by atoms with van der Waals surface area (Å²) in [6.07, 6.45) is 0.535. The van der Waals surface area contributed by atoms with E-state index < -0.39 is 44.2 Å². The summed E-state index contributed by atoms with van der Waals surface area (Å²) in [5.74, 6) is -4.81. The molecule has 2 aromatic rings. The van der Waals surface area contributed by atoms with Crippen LogP contribution in [0.25, 0.3) is 0 Å². The molecule has 22 heavy (non-hydrogen) atoms. The molecule has 2 aromatic carbocycles. The molecule has 0 aromatic heterocycles. The van der Waals surface area contributed by atoms with Gasteiger partial charge in [-0.2, -0.15) is 8.78 Å². The Kier molecular flexibility index (Phi) is 5.13. The van der Waals surface area contributed by atoms with Crippen molar-refractivity contribution < 1.29 is 22.1 Å². The fourth-order valence-electron chi connectivity index (χ4n) is 2.09. The molecule has 0 radical (unpaired) electrons. The third-order valence-electron chi connectivity index (χ3n) is 3.41. The summed E-state index contributed by atoms with van der Waals surface area (Å²) in [5.41, 5.74) is 0.262. The van der Waals surface area contributed by atoms with Crippen LogP contribution >= 0.6 is 0 Å². The van der Waals surface area contributed by atoms with Crippen molar-refractivity contribution in [1.82, 2.24) is 0 Å². The van der Waals surface area contributed by atoms with Crippen LogP contribution in [0.3, 0.4) is 0 Å². The topological polar surface area (TPSA) is 23.1 Å². The Hall–Kier alpha value is -1.53. The maximum absolute atomic E-state index is 14.0. The van der Waals surface area contributed by atoms with Crippen LogP contribution in [0.5, 0.6) is 0 Å². The Bertz CT molecular complexity index is 644. The first-order chi connectivity index (χ1) is 10.4. The SMILES string of the molecule is CCc1ccc([S+]([O-])c2ccc(CC)c(F)c2F)c(F)c1F. The summed E-state index contributed by atoms with van der Waals surface area (Å²) in [7, 11) is 0. The zero-order valence-electron chi connectivity index (χ0n) is 12.1. The molecule has 0 amide bonds. The zero-order chi connectivity index (χ0) is 16.4. The van der Waals surface area contributed by atoms with Gasteiger partial charge in [-0.1, -0.05) is 26.0 Å². The summed E-state index contributed by atoms with van der Waals surface area (Å²) in [6, 6.07) is 4.86. The highest BCUT2D eigenvalue weighted by Gasteiger charge is 2.28. The van der Waals surface area contributed by atoms with Gasteiger partial charge in [0.15, 0.2) is 21.4 Å². The summed E-state index contributed by atoms with van der Waals surface area (Å²) in [6.45, 7) is 3.29. The third-order valence-corrected chi connectivity index (χ3v) is 4.84. The van der Waals surface area contributed by atoms with Crippen molar-refractivity contribution in [2.75, 3.05) is 0 Å². The maximum Gasteiger partial charge on any atom is 0.214 e. The van der Waals surface area contributed by atoms with Crippen LogP contribution in [-0.2, 0) is 24.0 Å². The normalized spacial score (nSPS) is 11.3. The fourth-order valence-corrected chi connectivity index (χ4v) is 3.22. The van der Waals surface area contributed by atoms with E-state index in [2.05, 4.69) is 0 Å². The molecular weight excluding hydrogens is 316 g/mol. The first-order valence-corrected chi connectivity index (χ1v) is 7.92. The van der Waals surface area contributed by atoms with Gasteiger partial charge >= 0.3 is 0 Å². The lowest BCUT2D eigenvalue weighted by Gasteiger charge is -2.13. The van der Waals surface area contributed by atoms with E-state index in [0.29, 0.717) is 0 Å². The lowest BCUT2D eigenvalue weighted by atomic mass is 10.1. The Morgan fingerprint density at radius 3 is 1.41 bits per heavy atom. The highest BCUT2D eigenvalue weighted by Crippen LogP contribution is 2.30. The van der Waals surface area contributed by atoms with Gasteiger partial charge in [0.2, 0.25) is 11.6 Å². The highest BCUT2D eigenvalue weighted by molar-refractivity contribution is 7.91. The van der Waals surface area contributed by atoms with E-state index >= 15 is 0 Å². The number of rotatable bonds is 4. The molecule has 0 atom stereocenters. The average molecular weight is 330 g/mol. The first kappa shape index (κ1) is 16.8. The van der Waals surface area contributed by atoms with Crippen LogP contribution in [0.2, 0.25) is 0 Å². The fraction of sp³-hybridized carbons (Fsp3) is 0.250. The Morgan fingerprint density at radius 2 is 1.09 bits per heavy atom. The Labute approximate surface area is 129 Å². The quantitative estimate of drug-likeness (QED) is 0.596. The molecule has 0 saturated heterocycles. The van der Waals surface area contributed by atoms with Gasteiger partial charge < -0.3 is 4.55 Å². The second-order valence-corrected chi connectivity index (χ2v) is 6.09. The van der Waals surface area contributed by atoms with Crippen molar-refractivity contribution in [3.63, 3.8) is 0 Å². The van der Waals surface area contributed by atoms with Gasteiger partial charge in [-0.25, -0.2) is 8.78 Å². The number of aryl methyl sites for hydroxylation is 2. The van der Waals surface area contributed by atoms with Crippen molar-refractivity contribution in [1.29, 1.82) is 0 Å². The lowest BCUT2D eigenvalue weighted by molar-refractivity contribution is 0.468. The molecule has 0 bridgehead atoms. The van der Waals surface area contributed by atoms with Gasteiger partial charge in [0.25, 0.3) is 0 Å². The second-order valence-electron chi connectivity index (χ2n) is 4.68. The second kappa shape index (κ2) is 6.71. The monoisotopic (exact) mass is 330 g/mol. The molecule has 0 aliphatic heterocycles. The van der Waals surface area contributed by atoms with Gasteiger partial charge in [-0.15, -0.1) is 0 Å². The van der Waals surface area contributed by atoms with Crippen molar-refractivity contribution in [3.8, 4) is 0 Å². The van der Waals surface area contributed by atoms with Crippen molar-refractivity contribution >= 4 is 11.2 Å². The minimum atomic E-state index is -2.34. The molecule has 0 spiro atoms. The molecule has 6 heteroatoms. The number of benzene rings is 2. The first-order valence-electron chi connectivity index (χ1n) is 6.77. The Balaban J connectivity index is 2.51. The van der Waals surface area contributed by atoms with E-state index in [1.807, 2.05) is 0 Å². The molecule has 118 valence electrons. The van der Waals surface area contributed by atoms with Crippen molar-refractivity contribution in [3.05, 3.63) is 58.7 Å². The summed E-state index contributed by atoms with van der Waals surface area (Å²) in [5, 5.41) is 0. The maximum atomic E-state index is 14.0. The van der Waals surface area contributed by atoms with Crippen LogP contribution in [0.15, 0.2) is 34.1 Å². The molecule has 1 nitrogen and oxygen atoms in total. The minimum absolute atomic E-state index is 0.131. The smallest absolute Gasteiger partial charge is 0.214 e. The van der Waals surface area contributed by atoms with Crippen LogP contribution in [0.4, 0.5) is 17.6 Å². The summed E-state index contributed by atoms with van der Waals surface area (Å²) >= 11 is -2.34. The number of hydrogen-bond acceptors (Lipinski definition) is 1. The van der Waals surface area contributed by atoms with Crippen LogP contribution < -0.4 is 0 Å². The predicted octanol–water partition coefficient (Wildman–Crippen LogP) is 4.53. The van der Waals surface area contributed by atoms with E-state index in [4.69, 9.17) is 0 Å². The third kappa shape index (κ3) is 2.85. The van der Waals surface area contributed by atoms with Gasteiger partial charge in [-0.05, 0) is 36.1 Å². The molecule has 0 fully saturated rings. The van der Waals surface area contributed by atoms with E-state index in [9.17, 15) is 22.1 Å². The van der Waals surface area contributed by atoms with E-state index in [0.717, 1.165) is 12.1 Å². The highest BCUT2D eigenvalue weighted by atomic mass is 32.2. The molecule has 0 aliphatic carbocycles. The molecule has 0 N–H and O–H groups in total. The van der Waals surface area contributed by atoms with E-state index in [1.165, 1.54) is 12.1 Å². The average Bonchev–Trinajstić information content (AvgIpc) is 2.52.